The maximum absolute atomic E-state index is 15.2. The monoisotopic (exact) mass is 1100 g/mol. The number of hydrogen-bond acceptors (Lipinski definition) is 11. The molecule has 424 valence electrons. The molecule has 0 unspecified atom stereocenters. The van der Waals surface area contributed by atoms with Crippen LogP contribution in [0.5, 0.6) is 0 Å². The second kappa shape index (κ2) is 25.0. The second-order valence-corrected chi connectivity index (χ2v) is 25.2. The molecule has 0 radical (unpaired) electrons. The molecule has 19 heteroatoms. The fourth-order valence-electron chi connectivity index (χ4n) is 10.7. The largest absolute Gasteiger partial charge is 0.347 e. The van der Waals surface area contributed by atoms with E-state index in [9.17, 15) is 27.6 Å². The van der Waals surface area contributed by atoms with Crippen LogP contribution in [-0.4, -0.2) is 123 Å². The number of carbonyl (C=O) groups excluding carboxylic acids is 7. The van der Waals surface area contributed by atoms with Crippen molar-refractivity contribution >= 4 is 51.4 Å². The van der Waals surface area contributed by atoms with Gasteiger partial charge in [0.1, 0.15) is 30.2 Å². The summed E-state index contributed by atoms with van der Waals surface area (Å²) >= 11 is 0. The van der Waals surface area contributed by atoms with Crippen molar-refractivity contribution in [3.8, 4) is 0 Å². The standard InChI is InChI=1S/C60H79N9O9S/c1-36(61-9)52(70)65-50(59(3,4)5)57(75)68-34-42-31-40(28-29-41(42)32-48(68)55(73)63-46-27-19-23-39-22-17-18-26-45(39)46)43-33-49(69(35-43)58(76)51(60(6,7)8)66-53(71)37(2)62-10)56(74)64-47(30-38-20-13-11-14-21-38)54(72)67-79(77,78)44-24-15-12-16-25-44/h11-18,20-22,24-26,28-29,31,36-37,43,46-51,61-62H,19,23,27,30,32-35H2,1-10H3,(H,63,73)(H,64,74)(H,65,70)(H,66,71)(H,67,72)/t36-,37-,43-,46+,47-,48-,49-,50+,51+/m0/s1. The molecule has 0 spiro atoms. The smallest absolute Gasteiger partial charge is 0.264 e. The van der Waals surface area contributed by atoms with Gasteiger partial charge in [0.25, 0.3) is 15.9 Å². The van der Waals surface area contributed by atoms with Crippen LogP contribution in [0.4, 0.5) is 0 Å². The number of sulfonamides is 1. The Morgan fingerprint density at radius 1 is 0.633 bits per heavy atom. The molecule has 1 aliphatic carbocycles. The Bertz CT molecular complexity index is 3000. The first kappa shape index (κ1) is 59.7. The topological polar surface area (TPSA) is 244 Å². The number of likely N-dealkylation sites (N-methyl/N-ethyl adjacent to an activating group) is 2. The van der Waals surface area contributed by atoms with E-state index >= 15 is 14.4 Å². The third kappa shape index (κ3) is 14.3. The molecule has 0 aromatic heterocycles. The third-order valence-corrected chi connectivity index (χ3v) is 17.0. The Morgan fingerprint density at radius 3 is 1.80 bits per heavy atom. The molecule has 1 saturated heterocycles. The highest BCUT2D eigenvalue weighted by molar-refractivity contribution is 7.90. The summed E-state index contributed by atoms with van der Waals surface area (Å²) in [5.41, 5.74) is 3.54. The number of aryl methyl sites for hydroxylation is 1. The summed E-state index contributed by atoms with van der Waals surface area (Å²) in [4.78, 5) is 104. The first-order chi connectivity index (χ1) is 37.3. The van der Waals surface area contributed by atoms with Gasteiger partial charge in [-0.05, 0) is 110 Å². The SMILES string of the molecule is CN[C@@H](C)C(=O)N[C@H](C(=O)N1C[C@@H](c2ccc3c(c2)CN(C(=O)[C@@H](NC(=O)[C@H](C)NC)C(C)(C)C)[C@H](C(=O)N[C@@H]2CCCc4ccccc42)C3)C[C@H]1C(=O)N[C@@H](Cc1ccccc1)C(=O)NS(=O)(=O)c1ccccc1)C(C)(C)C. The first-order valence-corrected chi connectivity index (χ1v) is 28.8. The van der Waals surface area contributed by atoms with Gasteiger partial charge in [-0.2, -0.15) is 0 Å². The van der Waals surface area contributed by atoms with Gasteiger partial charge in [0.05, 0.1) is 23.0 Å². The third-order valence-electron chi connectivity index (χ3n) is 15.6. The van der Waals surface area contributed by atoms with Gasteiger partial charge < -0.3 is 41.7 Å². The molecular formula is C60H79N9O9S. The molecule has 2 heterocycles. The van der Waals surface area contributed by atoms with Crippen LogP contribution in [0.3, 0.4) is 0 Å². The molecule has 4 aromatic rings. The lowest BCUT2D eigenvalue weighted by Gasteiger charge is -2.42. The average Bonchev–Trinajstić information content (AvgIpc) is 3.97. The van der Waals surface area contributed by atoms with Gasteiger partial charge in [-0.25, -0.2) is 13.1 Å². The molecule has 2 aliphatic heterocycles. The number of benzene rings is 4. The predicted molar refractivity (Wildman–Crippen MR) is 301 cm³/mol. The summed E-state index contributed by atoms with van der Waals surface area (Å²) in [6.45, 7) is 14.4. The summed E-state index contributed by atoms with van der Waals surface area (Å²) in [5, 5.41) is 17.9. The number of rotatable bonds is 18. The highest BCUT2D eigenvalue weighted by Gasteiger charge is 2.48. The second-order valence-electron chi connectivity index (χ2n) is 23.5. The van der Waals surface area contributed by atoms with Crippen molar-refractivity contribution in [2.75, 3.05) is 20.6 Å². The van der Waals surface area contributed by atoms with E-state index in [-0.39, 0.29) is 55.1 Å². The zero-order valence-electron chi connectivity index (χ0n) is 47.1. The Kier molecular flexibility index (Phi) is 18.9. The van der Waals surface area contributed by atoms with Crippen LogP contribution in [0, 0.1) is 10.8 Å². The average molecular weight is 1100 g/mol. The first-order valence-electron chi connectivity index (χ1n) is 27.3. The van der Waals surface area contributed by atoms with Crippen LogP contribution in [0.2, 0.25) is 0 Å². The molecule has 7 N–H and O–H groups in total. The van der Waals surface area contributed by atoms with Crippen molar-refractivity contribution in [2.45, 2.75) is 160 Å². The Labute approximate surface area is 465 Å². The lowest BCUT2D eigenvalue weighted by atomic mass is 9.83. The van der Waals surface area contributed by atoms with Gasteiger partial charge in [0.2, 0.25) is 35.4 Å². The van der Waals surface area contributed by atoms with Gasteiger partial charge in [-0.1, -0.05) is 133 Å². The van der Waals surface area contributed by atoms with E-state index in [0.29, 0.717) is 5.56 Å². The molecule has 7 rings (SSSR count). The van der Waals surface area contributed by atoms with Gasteiger partial charge in [0, 0.05) is 31.8 Å². The van der Waals surface area contributed by atoms with Gasteiger partial charge in [-0.3, -0.25) is 33.6 Å². The van der Waals surface area contributed by atoms with Crippen LogP contribution in [-0.2, 0) is 69.4 Å². The molecule has 1 fully saturated rings. The molecule has 0 saturated carbocycles. The van der Waals surface area contributed by atoms with Crippen molar-refractivity contribution in [1.29, 1.82) is 0 Å². The van der Waals surface area contributed by atoms with E-state index in [4.69, 9.17) is 0 Å². The molecule has 0 bridgehead atoms. The van der Waals surface area contributed by atoms with Crippen molar-refractivity contribution in [3.05, 3.63) is 137 Å². The Morgan fingerprint density at radius 2 is 1.20 bits per heavy atom. The molecule has 3 aliphatic rings. The van der Waals surface area contributed by atoms with E-state index in [1.54, 1.807) is 69.2 Å². The number of nitrogens with zero attached hydrogens (tertiary/aromatic N) is 2. The van der Waals surface area contributed by atoms with E-state index < -0.39 is 98.6 Å². The Hall–Kier alpha value is -6.96. The van der Waals surface area contributed by atoms with Crippen LogP contribution in [0.1, 0.15) is 120 Å². The highest BCUT2D eigenvalue weighted by Crippen LogP contribution is 2.38. The number of fused-ring (bicyclic) bond motifs is 2. The maximum Gasteiger partial charge on any atom is 0.264 e. The van der Waals surface area contributed by atoms with Gasteiger partial charge >= 0.3 is 0 Å². The lowest BCUT2D eigenvalue weighted by molar-refractivity contribution is -0.147. The summed E-state index contributed by atoms with van der Waals surface area (Å²) < 4.78 is 29.1. The quantitative estimate of drug-likeness (QED) is 0.0740. The van der Waals surface area contributed by atoms with E-state index in [1.165, 1.54) is 34.7 Å². The number of nitrogens with one attached hydrogen (secondary N) is 7. The zero-order chi connectivity index (χ0) is 57.6. The maximum atomic E-state index is 15.2. The number of amides is 7. The number of hydrogen-bond donors (Lipinski definition) is 7. The minimum absolute atomic E-state index is 0.00854. The van der Waals surface area contributed by atoms with Gasteiger partial charge in [-0.15, -0.1) is 0 Å². The number of likely N-dealkylation sites (tertiary alicyclic amines) is 1. The molecule has 4 aromatic carbocycles. The van der Waals surface area contributed by atoms with E-state index in [1.807, 2.05) is 77.9 Å². The van der Waals surface area contributed by atoms with Crippen molar-refractivity contribution in [1.82, 2.24) is 46.4 Å². The fourth-order valence-corrected chi connectivity index (χ4v) is 11.7. The predicted octanol–water partition coefficient (Wildman–Crippen LogP) is 4.33. The van der Waals surface area contributed by atoms with Gasteiger partial charge in [0.15, 0.2) is 0 Å². The summed E-state index contributed by atoms with van der Waals surface area (Å²) in [5.74, 6) is -4.26. The van der Waals surface area contributed by atoms with Crippen LogP contribution in [0.25, 0.3) is 0 Å². The molecule has 7 amide bonds. The van der Waals surface area contributed by atoms with Crippen LogP contribution < -0.4 is 36.6 Å². The molecule has 9 atom stereocenters. The molecule has 79 heavy (non-hydrogen) atoms. The van der Waals surface area contributed by atoms with Crippen molar-refractivity contribution in [2.24, 2.45) is 10.8 Å². The summed E-state index contributed by atoms with van der Waals surface area (Å²) in [6.07, 6.45) is 2.67. The van der Waals surface area contributed by atoms with Crippen molar-refractivity contribution in [3.63, 3.8) is 0 Å². The minimum atomic E-state index is -4.36. The summed E-state index contributed by atoms with van der Waals surface area (Å²) in [7, 11) is -1.08. The molecule has 18 nitrogen and oxygen atoms in total. The lowest BCUT2D eigenvalue weighted by Crippen LogP contribution is -2.62. The summed E-state index contributed by atoms with van der Waals surface area (Å²) in [6, 6.07) is 22.8. The minimum Gasteiger partial charge on any atom is -0.347 e. The van der Waals surface area contributed by atoms with Crippen LogP contribution >= 0.6 is 0 Å². The van der Waals surface area contributed by atoms with E-state index in [0.717, 1.165) is 41.5 Å². The Balaban J connectivity index is 1.25. The fraction of sp³-hybridized carbons (Fsp3) is 0.483. The van der Waals surface area contributed by atoms with E-state index in [2.05, 4.69) is 42.7 Å². The normalized spacial score (nSPS) is 20.2. The van der Waals surface area contributed by atoms with Crippen molar-refractivity contribution < 1.29 is 42.0 Å². The molecular weight excluding hydrogens is 1020 g/mol. The van der Waals surface area contributed by atoms with Crippen LogP contribution in [0.15, 0.2) is 108 Å². The zero-order valence-corrected chi connectivity index (χ0v) is 48.0. The highest BCUT2D eigenvalue weighted by atomic mass is 32.2. The number of carbonyl (C=O) groups is 7.